The van der Waals surface area contributed by atoms with Crippen LogP contribution in [0.15, 0.2) is 24.3 Å². The van der Waals surface area contributed by atoms with Crippen molar-refractivity contribution in [3.63, 3.8) is 0 Å². The first-order chi connectivity index (χ1) is 8.18. The molecule has 3 nitrogen and oxygen atoms in total. The van der Waals surface area contributed by atoms with Gasteiger partial charge in [-0.2, -0.15) is 0 Å². The van der Waals surface area contributed by atoms with Crippen molar-refractivity contribution in [2.45, 2.75) is 12.3 Å². The number of morpholine rings is 1. The van der Waals surface area contributed by atoms with Gasteiger partial charge in [0.15, 0.2) is 5.78 Å². The standard InChI is InChI=1S/C13H16ClNO2/c1-10(14)13(16)11-2-4-12(5-3-11)15-6-8-17-9-7-15/h2-5,10H,6-9H2,1H3. The van der Waals surface area contributed by atoms with Gasteiger partial charge < -0.3 is 9.64 Å². The van der Waals surface area contributed by atoms with Gasteiger partial charge in [-0.25, -0.2) is 0 Å². The first-order valence-electron chi connectivity index (χ1n) is 5.79. The smallest absolute Gasteiger partial charge is 0.180 e. The minimum atomic E-state index is -0.468. The van der Waals surface area contributed by atoms with Crippen LogP contribution in [0.1, 0.15) is 17.3 Å². The first-order valence-corrected chi connectivity index (χ1v) is 6.23. The van der Waals surface area contributed by atoms with Gasteiger partial charge >= 0.3 is 0 Å². The lowest BCUT2D eigenvalue weighted by molar-refractivity contribution is 0.0991. The second-order valence-corrected chi connectivity index (χ2v) is 4.78. The van der Waals surface area contributed by atoms with E-state index in [4.69, 9.17) is 16.3 Å². The largest absolute Gasteiger partial charge is 0.378 e. The van der Waals surface area contributed by atoms with Crippen molar-refractivity contribution in [2.75, 3.05) is 31.2 Å². The second-order valence-electron chi connectivity index (χ2n) is 4.13. The van der Waals surface area contributed by atoms with E-state index >= 15 is 0 Å². The third-order valence-corrected chi connectivity index (χ3v) is 3.09. The molecule has 1 atom stereocenters. The number of rotatable bonds is 3. The zero-order valence-electron chi connectivity index (χ0n) is 9.86. The lowest BCUT2D eigenvalue weighted by Crippen LogP contribution is -2.36. The molecule has 17 heavy (non-hydrogen) atoms. The topological polar surface area (TPSA) is 29.5 Å². The number of carbonyl (C=O) groups is 1. The Morgan fingerprint density at radius 2 is 1.88 bits per heavy atom. The fourth-order valence-corrected chi connectivity index (χ4v) is 2.01. The Morgan fingerprint density at radius 3 is 2.41 bits per heavy atom. The molecule has 0 amide bonds. The van der Waals surface area contributed by atoms with Gasteiger partial charge in [0.1, 0.15) is 0 Å². The molecule has 0 N–H and O–H groups in total. The average molecular weight is 254 g/mol. The van der Waals surface area contributed by atoms with Crippen LogP contribution in [-0.4, -0.2) is 37.5 Å². The van der Waals surface area contributed by atoms with Crippen molar-refractivity contribution in [1.82, 2.24) is 0 Å². The number of benzene rings is 1. The Bertz CT molecular complexity index is 383. The summed E-state index contributed by atoms with van der Waals surface area (Å²) < 4.78 is 5.30. The lowest BCUT2D eigenvalue weighted by Gasteiger charge is -2.28. The molecule has 1 saturated heterocycles. The first kappa shape index (κ1) is 12.4. The normalized spacial score (nSPS) is 17.9. The van der Waals surface area contributed by atoms with E-state index in [0.29, 0.717) is 5.56 Å². The molecule has 0 bridgehead atoms. The van der Waals surface area contributed by atoms with Gasteiger partial charge in [0, 0.05) is 24.3 Å². The molecule has 0 aliphatic carbocycles. The third kappa shape index (κ3) is 2.99. The maximum atomic E-state index is 11.7. The summed E-state index contributed by atoms with van der Waals surface area (Å²) in [6, 6.07) is 7.62. The Morgan fingerprint density at radius 1 is 1.29 bits per heavy atom. The second kappa shape index (κ2) is 5.52. The number of nitrogens with zero attached hydrogens (tertiary/aromatic N) is 1. The van der Waals surface area contributed by atoms with Crippen LogP contribution in [0.2, 0.25) is 0 Å². The van der Waals surface area contributed by atoms with Gasteiger partial charge in [-0.05, 0) is 31.2 Å². The van der Waals surface area contributed by atoms with Gasteiger partial charge in [0.25, 0.3) is 0 Å². The van der Waals surface area contributed by atoms with Crippen LogP contribution >= 0.6 is 11.6 Å². The highest BCUT2D eigenvalue weighted by atomic mass is 35.5. The molecule has 2 rings (SSSR count). The Hall–Kier alpha value is -1.06. The number of anilines is 1. The Balaban J connectivity index is 2.09. The van der Waals surface area contributed by atoms with Gasteiger partial charge in [-0.15, -0.1) is 11.6 Å². The van der Waals surface area contributed by atoms with Crippen molar-refractivity contribution in [1.29, 1.82) is 0 Å². The molecule has 92 valence electrons. The minimum Gasteiger partial charge on any atom is -0.378 e. The maximum Gasteiger partial charge on any atom is 0.180 e. The van der Waals surface area contributed by atoms with Gasteiger partial charge in [0.2, 0.25) is 0 Å². The molecule has 1 aromatic carbocycles. The zero-order chi connectivity index (χ0) is 12.3. The third-order valence-electron chi connectivity index (χ3n) is 2.89. The highest BCUT2D eigenvalue weighted by Crippen LogP contribution is 2.18. The molecule has 0 saturated carbocycles. The van der Waals surface area contributed by atoms with Crippen molar-refractivity contribution in [3.8, 4) is 0 Å². The summed E-state index contributed by atoms with van der Waals surface area (Å²) >= 11 is 5.77. The predicted molar refractivity (Wildman–Crippen MR) is 69.1 cm³/mol. The number of Topliss-reactive ketones (excluding diaryl/α,β-unsaturated/α-hetero) is 1. The van der Waals surface area contributed by atoms with Crippen molar-refractivity contribution in [3.05, 3.63) is 29.8 Å². The van der Waals surface area contributed by atoms with E-state index in [1.165, 1.54) is 0 Å². The van der Waals surface area contributed by atoms with Crippen LogP contribution in [-0.2, 0) is 4.74 Å². The fraction of sp³-hybridized carbons (Fsp3) is 0.462. The summed E-state index contributed by atoms with van der Waals surface area (Å²) in [6.07, 6.45) is 0. The molecule has 1 aliphatic rings. The van der Waals surface area contributed by atoms with Crippen LogP contribution < -0.4 is 4.90 Å². The molecule has 1 aromatic rings. The molecule has 0 aromatic heterocycles. The number of ether oxygens (including phenoxy) is 1. The van der Waals surface area contributed by atoms with E-state index in [1.807, 2.05) is 24.3 Å². The van der Waals surface area contributed by atoms with Crippen LogP contribution in [0.25, 0.3) is 0 Å². The van der Waals surface area contributed by atoms with Gasteiger partial charge in [-0.1, -0.05) is 0 Å². The maximum absolute atomic E-state index is 11.7. The molecule has 0 radical (unpaired) electrons. The van der Waals surface area contributed by atoms with E-state index in [1.54, 1.807) is 6.92 Å². The molecule has 0 spiro atoms. The minimum absolute atomic E-state index is 0.0276. The summed E-state index contributed by atoms with van der Waals surface area (Å²) in [4.78, 5) is 13.9. The SMILES string of the molecule is CC(Cl)C(=O)c1ccc(N2CCOCC2)cc1. The zero-order valence-corrected chi connectivity index (χ0v) is 10.6. The number of hydrogen-bond donors (Lipinski definition) is 0. The average Bonchev–Trinajstić information content (AvgIpc) is 2.39. The summed E-state index contributed by atoms with van der Waals surface area (Å²) in [5.41, 5.74) is 1.80. The summed E-state index contributed by atoms with van der Waals surface area (Å²) in [5, 5.41) is -0.468. The molecule has 1 aliphatic heterocycles. The fourth-order valence-electron chi connectivity index (χ4n) is 1.89. The van der Waals surface area contributed by atoms with E-state index in [9.17, 15) is 4.79 Å². The molecule has 1 unspecified atom stereocenters. The van der Waals surface area contributed by atoms with E-state index in [0.717, 1.165) is 32.0 Å². The van der Waals surface area contributed by atoms with E-state index in [-0.39, 0.29) is 5.78 Å². The highest BCUT2D eigenvalue weighted by Gasteiger charge is 2.14. The van der Waals surface area contributed by atoms with Gasteiger partial charge in [-0.3, -0.25) is 4.79 Å². The molecule has 1 fully saturated rings. The Labute approximate surface area is 106 Å². The van der Waals surface area contributed by atoms with Crippen molar-refractivity contribution < 1.29 is 9.53 Å². The highest BCUT2D eigenvalue weighted by molar-refractivity contribution is 6.33. The van der Waals surface area contributed by atoms with Crippen LogP contribution in [0.4, 0.5) is 5.69 Å². The molecular formula is C13H16ClNO2. The van der Waals surface area contributed by atoms with Gasteiger partial charge in [0.05, 0.1) is 18.6 Å². The lowest BCUT2D eigenvalue weighted by atomic mass is 10.1. The van der Waals surface area contributed by atoms with Crippen molar-refractivity contribution in [2.24, 2.45) is 0 Å². The monoisotopic (exact) mass is 253 g/mol. The van der Waals surface area contributed by atoms with Crippen LogP contribution in [0, 0.1) is 0 Å². The summed E-state index contributed by atoms with van der Waals surface area (Å²) in [6.45, 7) is 5.02. The number of alkyl halides is 1. The number of halogens is 1. The number of carbonyl (C=O) groups excluding carboxylic acids is 1. The molecule has 1 heterocycles. The van der Waals surface area contributed by atoms with Crippen molar-refractivity contribution >= 4 is 23.1 Å². The number of hydrogen-bond acceptors (Lipinski definition) is 3. The quantitative estimate of drug-likeness (QED) is 0.612. The number of ketones is 1. The summed E-state index contributed by atoms with van der Waals surface area (Å²) in [5.74, 6) is -0.0276. The summed E-state index contributed by atoms with van der Waals surface area (Å²) in [7, 11) is 0. The predicted octanol–water partition coefficient (Wildman–Crippen LogP) is 2.33. The Kier molecular flexibility index (Phi) is 4.02. The van der Waals surface area contributed by atoms with E-state index in [2.05, 4.69) is 4.90 Å². The van der Waals surface area contributed by atoms with E-state index < -0.39 is 5.38 Å². The van der Waals surface area contributed by atoms with Crippen LogP contribution in [0.3, 0.4) is 0 Å². The van der Waals surface area contributed by atoms with Crippen LogP contribution in [0.5, 0.6) is 0 Å². The molecular weight excluding hydrogens is 238 g/mol. The molecule has 4 heteroatoms.